The Morgan fingerprint density at radius 3 is 2.52 bits per heavy atom. The van der Waals surface area contributed by atoms with E-state index in [9.17, 15) is 9.59 Å². The monoisotopic (exact) mass is 317 g/mol. The highest BCUT2D eigenvalue weighted by Crippen LogP contribution is 2.11. The Morgan fingerprint density at radius 1 is 1.33 bits per heavy atom. The second kappa shape index (κ2) is 10.5. The smallest absolute Gasteiger partial charge is 0.408 e. The van der Waals surface area contributed by atoms with Gasteiger partial charge in [-0.3, -0.25) is 0 Å². The van der Waals surface area contributed by atoms with Crippen LogP contribution in [0, 0.1) is 0 Å². The van der Waals surface area contributed by atoms with Gasteiger partial charge in [-0.1, -0.05) is 12.5 Å². The third-order valence-electron chi connectivity index (χ3n) is 2.47. The van der Waals surface area contributed by atoms with E-state index in [1.807, 2.05) is 6.08 Å². The van der Waals surface area contributed by atoms with Crippen molar-refractivity contribution >= 4 is 23.8 Å². The maximum atomic E-state index is 11.6. The average molecular weight is 317 g/mol. The van der Waals surface area contributed by atoms with Gasteiger partial charge >= 0.3 is 12.1 Å². The van der Waals surface area contributed by atoms with Crippen LogP contribution in [0.15, 0.2) is 12.7 Å². The summed E-state index contributed by atoms with van der Waals surface area (Å²) in [5.74, 6) is 0.187. The number of rotatable bonds is 10. The quantitative estimate of drug-likeness (QED) is 0.477. The van der Waals surface area contributed by atoms with E-state index < -0.39 is 23.7 Å². The van der Waals surface area contributed by atoms with Crippen molar-refractivity contribution in [3.63, 3.8) is 0 Å². The van der Waals surface area contributed by atoms with Crippen molar-refractivity contribution in [3.8, 4) is 0 Å². The van der Waals surface area contributed by atoms with Crippen LogP contribution in [0.5, 0.6) is 0 Å². The molecule has 0 rings (SSSR count). The van der Waals surface area contributed by atoms with E-state index >= 15 is 0 Å². The van der Waals surface area contributed by atoms with Crippen LogP contribution >= 0.6 is 11.8 Å². The van der Waals surface area contributed by atoms with Crippen LogP contribution in [0.1, 0.15) is 46.5 Å². The van der Waals surface area contributed by atoms with Gasteiger partial charge in [0.05, 0.1) is 0 Å². The first-order chi connectivity index (χ1) is 9.76. The lowest BCUT2D eigenvalue weighted by Gasteiger charge is -2.21. The van der Waals surface area contributed by atoms with Crippen molar-refractivity contribution in [2.45, 2.75) is 58.1 Å². The summed E-state index contributed by atoms with van der Waals surface area (Å²) >= 11 is 1.53. The predicted octanol–water partition coefficient (Wildman–Crippen LogP) is 3.44. The molecule has 0 heterocycles. The van der Waals surface area contributed by atoms with Crippen LogP contribution in [-0.2, 0) is 9.53 Å². The first-order valence-corrected chi connectivity index (χ1v) is 8.32. The van der Waals surface area contributed by atoms with Crippen molar-refractivity contribution in [2.24, 2.45) is 0 Å². The van der Waals surface area contributed by atoms with Crippen molar-refractivity contribution in [1.29, 1.82) is 0 Å². The highest BCUT2D eigenvalue weighted by atomic mass is 32.2. The first kappa shape index (κ1) is 19.8. The van der Waals surface area contributed by atoms with E-state index in [2.05, 4.69) is 11.9 Å². The minimum absolute atomic E-state index is 0.343. The number of aliphatic carboxylic acids is 1. The van der Waals surface area contributed by atoms with Crippen LogP contribution in [0.2, 0.25) is 0 Å². The first-order valence-electron chi connectivity index (χ1n) is 7.17. The van der Waals surface area contributed by atoms with Gasteiger partial charge in [-0.05, 0) is 45.8 Å². The number of carboxylic acid groups (broad SMARTS) is 1. The average Bonchev–Trinajstić information content (AvgIpc) is 2.33. The van der Waals surface area contributed by atoms with Gasteiger partial charge in [-0.25, -0.2) is 9.59 Å². The molecule has 0 saturated carbocycles. The molecule has 1 atom stereocenters. The highest BCUT2D eigenvalue weighted by molar-refractivity contribution is 7.99. The van der Waals surface area contributed by atoms with E-state index in [1.54, 1.807) is 20.8 Å². The largest absolute Gasteiger partial charge is 0.480 e. The van der Waals surface area contributed by atoms with Crippen molar-refractivity contribution in [1.82, 2.24) is 5.32 Å². The number of carbonyl (C=O) groups excluding carboxylic acids is 1. The minimum Gasteiger partial charge on any atom is -0.480 e. The highest BCUT2D eigenvalue weighted by Gasteiger charge is 2.23. The molecule has 0 saturated heterocycles. The van der Waals surface area contributed by atoms with Gasteiger partial charge in [0.1, 0.15) is 11.6 Å². The van der Waals surface area contributed by atoms with Crippen molar-refractivity contribution < 1.29 is 19.4 Å². The number of hydrogen-bond acceptors (Lipinski definition) is 4. The zero-order valence-electron chi connectivity index (χ0n) is 13.2. The predicted molar refractivity (Wildman–Crippen MR) is 86.8 cm³/mol. The molecule has 0 radical (unpaired) electrons. The fourth-order valence-electron chi connectivity index (χ4n) is 1.50. The lowest BCUT2D eigenvalue weighted by atomic mass is 10.2. The fourth-order valence-corrected chi connectivity index (χ4v) is 2.53. The number of thioether (sulfide) groups is 1. The second-order valence-electron chi connectivity index (χ2n) is 5.75. The zero-order valence-corrected chi connectivity index (χ0v) is 14.0. The Labute approximate surface area is 131 Å². The van der Waals surface area contributed by atoms with Crippen LogP contribution in [0.4, 0.5) is 4.79 Å². The van der Waals surface area contributed by atoms with E-state index in [-0.39, 0.29) is 0 Å². The lowest BCUT2D eigenvalue weighted by Crippen LogP contribution is -2.45. The number of hydrogen-bond donors (Lipinski definition) is 2. The molecule has 122 valence electrons. The number of unbranched alkanes of at least 4 members (excludes halogenated alkanes) is 3. The summed E-state index contributed by atoms with van der Waals surface area (Å²) in [5.41, 5.74) is -0.633. The molecule has 0 aliphatic rings. The maximum absolute atomic E-state index is 11.6. The molecule has 6 heteroatoms. The Bertz CT molecular complexity index is 339. The summed E-state index contributed by atoms with van der Waals surface area (Å²) in [6.07, 6.45) is 5.48. The molecule has 0 aromatic rings. The lowest BCUT2D eigenvalue weighted by molar-refractivity contribution is -0.138. The molecule has 1 unspecified atom stereocenters. The minimum atomic E-state index is -1.04. The molecule has 0 spiro atoms. The summed E-state index contributed by atoms with van der Waals surface area (Å²) in [7, 11) is 0. The van der Waals surface area contributed by atoms with Gasteiger partial charge < -0.3 is 15.2 Å². The second-order valence-corrected chi connectivity index (χ2v) is 6.90. The molecule has 1 amide bonds. The molecule has 21 heavy (non-hydrogen) atoms. The molecule has 0 fully saturated rings. The molecule has 0 aliphatic heterocycles. The molecule has 0 aromatic carbocycles. The zero-order chi connectivity index (χ0) is 16.3. The number of alkyl carbamates (subject to hydrolysis) is 1. The summed E-state index contributed by atoms with van der Waals surface area (Å²) in [4.78, 5) is 22.7. The van der Waals surface area contributed by atoms with Gasteiger partial charge in [0, 0.05) is 5.75 Å². The molecule has 2 N–H and O–H groups in total. The van der Waals surface area contributed by atoms with Crippen LogP contribution in [0.3, 0.4) is 0 Å². The fraction of sp³-hybridized carbons (Fsp3) is 0.733. The van der Waals surface area contributed by atoms with Crippen molar-refractivity contribution in [3.05, 3.63) is 12.7 Å². The van der Waals surface area contributed by atoms with Gasteiger partial charge in [0.2, 0.25) is 0 Å². The topological polar surface area (TPSA) is 75.6 Å². The van der Waals surface area contributed by atoms with Gasteiger partial charge in [0.25, 0.3) is 0 Å². The summed E-state index contributed by atoms with van der Waals surface area (Å²) in [5, 5.41) is 11.5. The Kier molecular flexibility index (Phi) is 9.95. The van der Waals surface area contributed by atoms with Gasteiger partial charge in [-0.2, -0.15) is 11.8 Å². The Hall–Kier alpha value is -1.17. The number of carboxylic acids is 1. The van der Waals surface area contributed by atoms with E-state index in [0.29, 0.717) is 5.75 Å². The number of ether oxygens (including phenoxy) is 1. The molecular weight excluding hydrogens is 290 g/mol. The van der Waals surface area contributed by atoms with E-state index in [1.165, 1.54) is 11.8 Å². The molecule has 0 bridgehead atoms. The standard InChI is InChI=1S/C15H27NO4S/c1-5-6-7-8-9-10-21-11-12(13(17)18)16-14(19)20-15(2,3)4/h5,12H,1,6-11H2,2-4H3,(H,16,19)(H,17,18). The number of allylic oxidation sites excluding steroid dienone is 1. The molecule has 5 nitrogen and oxygen atoms in total. The van der Waals surface area contributed by atoms with Crippen molar-refractivity contribution in [2.75, 3.05) is 11.5 Å². The third kappa shape index (κ3) is 12.3. The SMILES string of the molecule is C=CCCCCCSCC(NC(=O)OC(C)(C)C)C(=O)O. The summed E-state index contributed by atoms with van der Waals surface area (Å²) < 4.78 is 5.06. The van der Waals surface area contributed by atoms with E-state index in [4.69, 9.17) is 9.84 Å². The number of amides is 1. The molecular formula is C15H27NO4S. The van der Waals surface area contributed by atoms with Gasteiger partial charge in [-0.15, -0.1) is 6.58 Å². The number of nitrogens with one attached hydrogen (secondary N) is 1. The third-order valence-corrected chi connectivity index (χ3v) is 3.62. The summed E-state index contributed by atoms with van der Waals surface area (Å²) in [6, 6.07) is -0.918. The molecule has 0 aromatic heterocycles. The maximum Gasteiger partial charge on any atom is 0.408 e. The molecule has 0 aliphatic carbocycles. The van der Waals surface area contributed by atoms with Crippen LogP contribution < -0.4 is 5.32 Å². The normalized spacial score (nSPS) is 12.5. The van der Waals surface area contributed by atoms with E-state index in [0.717, 1.165) is 31.4 Å². The Morgan fingerprint density at radius 2 is 2.00 bits per heavy atom. The van der Waals surface area contributed by atoms with Gasteiger partial charge in [0.15, 0.2) is 0 Å². The Balaban J connectivity index is 3.95. The van der Waals surface area contributed by atoms with Crippen LogP contribution in [-0.4, -0.2) is 40.3 Å². The van der Waals surface area contributed by atoms with Crippen LogP contribution in [0.25, 0.3) is 0 Å². The summed E-state index contributed by atoms with van der Waals surface area (Å²) in [6.45, 7) is 8.88. The number of carbonyl (C=O) groups is 2.